The first kappa shape index (κ1) is 17.9. The van der Waals surface area contributed by atoms with Crippen LogP contribution in [0.3, 0.4) is 0 Å². The van der Waals surface area contributed by atoms with Gasteiger partial charge in [-0.3, -0.25) is 9.78 Å². The van der Waals surface area contributed by atoms with Gasteiger partial charge in [-0.15, -0.1) is 11.3 Å². The zero-order valence-electron chi connectivity index (χ0n) is 15.3. The van der Waals surface area contributed by atoms with Crippen LogP contribution in [-0.2, 0) is 17.6 Å². The zero-order chi connectivity index (χ0) is 18.5. The molecule has 4 rings (SSSR count). The van der Waals surface area contributed by atoms with Crippen molar-refractivity contribution >= 4 is 17.2 Å². The van der Waals surface area contributed by atoms with Gasteiger partial charge in [0, 0.05) is 36.4 Å². The third kappa shape index (κ3) is 4.61. The van der Waals surface area contributed by atoms with E-state index in [0.717, 1.165) is 48.6 Å². The van der Waals surface area contributed by atoms with Crippen molar-refractivity contribution in [3.63, 3.8) is 0 Å². The summed E-state index contributed by atoms with van der Waals surface area (Å²) in [7, 11) is 0. The van der Waals surface area contributed by atoms with E-state index in [9.17, 15) is 4.79 Å². The average molecular weight is 378 g/mol. The van der Waals surface area contributed by atoms with Crippen LogP contribution in [0.1, 0.15) is 24.1 Å². The summed E-state index contributed by atoms with van der Waals surface area (Å²) in [5.41, 5.74) is 3.31. The molecule has 1 fully saturated rings. The molecule has 0 atom stereocenters. The summed E-state index contributed by atoms with van der Waals surface area (Å²) >= 11 is 1.58. The Morgan fingerprint density at radius 3 is 2.56 bits per heavy atom. The van der Waals surface area contributed by atoms with Crippen LogP contribution in [0.25, 0.3) is 10.6 Å². The summed E-state index contributed by atoms with van der Waals surface area (Å²) in [6.45, 7) is 1.72. The smallest absolute Gasteiger partial charge is 0.228 e. The van der Waals surface area contributed by atoms with Crippen LogP contribution in [0.2, 0.25) is 0 Å². The molecule has 27 heavy (non-hydrogen) atoms. The van der Waals surface area contributed by atoms with Gasteiger partial charge in [-0.2, -0.15) is 0 Å². The van der Waals surface area contributed by atoms with Gasteiger partial charge in [0.25, 0.3) is 0 Å². The number of carbonyl (C=O) groups excluding carboxylic acids is 1. The molecule has 2 aromatic heterocycles. The van der Waals surface area contributed by atoms with Gasteiger partial charge >= 0.3 is 0 Å². The van der Waals surface area contributed by atoms with Crippen LogP contribution in [-0.4, -0.2) is 33.9 Å². The van der Waals surface area contributed by atoms with Gasteiger partial charge < -0.3 is 4.90 Å². The molecule has 138 valence electrons. The number of aromatic nitrogens is 2. The van der Waals surface area contributed by atoms with Gasteiger partial charge in [-0.25, -0.2) is 4.98 Å². The van der Waals surface area contributed by atoms with E-state index in [1.54, 1.807) is 23.7 Å². The van der Waals surface area contributed by atoms with Gasteiger partial charge in [-0.1, -0.05) is 30.3 Å². The minimum absolute atomic E-state index is 0.194. The van der Waals surface area contributed by atoms with Crippen molar-refractivity contribution in [2.75, 3.05) is 13.1 Å². The normalized spacial score (nSPS) is 15.0. The molecule has 1 aromatic carbocycles. The number of nitrogens with zero attached hydrogens (tertiary/aromatic N) is 3. The van der Waals surface area contributed by atoms with Gasteiger partial charge in [0.05, 0.1) is 12.1 Å². The predicted octanol–water partition coefficient (Wildman–Crippen LogP) is 4.23. The van der Waals surface area contributed by atoms with Crippen LogP contribution < -0.4 is 0 Å². The van der Waals surface area contributed by atoms with Crippen LogP contribution in [0, 0.1) is 5.92 Å². The highest BCUT2D eigenvalue weighted by atomic mass is 32.1. The Morgan fingerprint density at radius 2 is 1.81 bits per heavy atom. The molecule has 0 radical (unpaired) electrons. The fourth-order valence-electron chi connectivity index (χ4n) is 3.62. The van der Waals surface area contributed by atoms with E-state index in [1.807, 2.05) is 22.4 Å². The van der Waals surface area contributed by atoms with Crippen molar-refractivity contribution in [1.29, 1.82) is 0 Å². The van der Waals surface area contributed by atoms with Crippen molar-refractivity contribution in [2.24, 2.45) is 5.92 Å². The second-order valence-corrected chi connectivity index (χ2v) is 7.93. The lowest BCUT2D eigenvalue weighted by molar-refractivity contribution is -0.131. The van der Waals surface area contributed by atoms with E-state index in [0.29, 0.717) is 12.3 Å². The van der Waals surface area contributed by atoms with Gasteiger partial charge in [0.2, 0.25) is 5.91 Å². The number of piperidine rings is 1. The van der Waals surface area contributed by atoms with Gasteiger partial charge in [0.1, 0.15) is 5.01 Å². The first-order valence-electron chi connectivity index (χ1n) is 9.44. The number of rotatable bonds is 5. The molecule has 5 heteroatoms. The van der Waals surface area contributed by atoms with E-state index < -0.39 is 0 Å². The topological polar surface area (TPSA) is 46.1 Å². The molecule has 3 aromatic rings. The number of benzene rings is 1. The average Bonchev–Trinajstić information content (AvgIpc) is 3.18. The first-order chi connectivity index (χ1) is 13.3. The molecular weight excluding hydrogens is 354 g/mol. The van der Waals surface area contributed by atoms with E-state index in [2.05, 4.69) is 40.3 Å². The second kappa shape index (κ2) is 8.44. The van der Waals surface area contributed by atoms with Gasteiger partial charge in [-0.05, 0) is 42.9 Å². The Hall–Kier alpha value is -2.53. The highest BCUT2D eigenvalue weighted by Gasteiger charge is 2.23. The number of carbonyl (C=O) groups is 1. The van der Waals surface area contributed by atoms with Gasteiger partial charge in [0.15, 0.2) is 0 Å². The molecule has 1 amide bonds. The minimum atomic E-state index is 0.194. The van der Waals surface area contributed by atoms with E-state index in [1.165, 1.54) is 5.56 Å². The van der Waals surface area contributed by atoms with Crippen molar-refractivity contribution in [3.05, 3.63) is 71.5 Å². The number of hydrogen-bond donors (Lipinski definition) is 0. The van der Waals surface area contributed by atoms with Crippen LogP contribution in [0.15, 0.2) is 60.2 Å². The largest absolute Gasteiger partial charge is 0.342 e. The van der Waals surface area contributed by atoms with E-state index >= 15 is 0 Å². The molecule has 0 saturated carbocycles. The highest BCUT2D eigenvalue weighted by Crippen LogP contribution is 2.25. The van der Waals surface area contributed by atoms with Crippen LogP contribution >= 0.6 is 11.3 Å². The summed E-state index contributed by atoms with van der Waals surface area (Å²) in [5.74, 6) is 0.869. The molecule has 1 aliphatic heterocycles. The molecule has 4 nitrogen and oxygen atoms in total. The van der Waals surface area contributed by atoms with Crippen LogP contribution in [0.4, 0.5) is 0 Å². The Kier molecular flexibility index (Phi) is 5.58. The molecular formula is C22H23N3OS. The second-order valence-electron chi connectivity index (χ2n) is 7.07. The first-order valence-corrected chi connectivity index (χ1v) is 10.3. The fraction of sp³-hybridized carbons (Fsp3) is 0.318. The standard InChI is InChI=1S/C22H23N3OS/c26-21(15-20-16-27-22(24-20)19-6-10-23-11-7-19)25-12-8-18(9-13-25)14-17-4-2-1-3-5-17/h1-7,10-11,16,18H,8-9,12-15H2. The molecule has 0 unspecified atom stereocenters. The SMILES string of the molecule is O=C(Cc1csc(-c2ccncc2)n1)N1CCC(Cc2ccccc2)CC1. The third-order valence-electron chi connectivity index (χ3n) is 5.15. The highest BCUT2D eigenvalue weighted by molar-refractivity contribution is 7.13. The van der Waals surface area contributed by atoms with E-state index in [-0.39, 0.29) is 5.91 Å². The monoisotopic (exact) mass is 377 g/mol. The predicted molar refractivity (Wildman–Crippen MR) is 108 cm³/mol. The zero-order valence-corrected chi connectivity index (χ0v) is 16.1. The summed E-state index contributed by atoms with van der Waals surface area (Å²) < 4.78 is 0. The van der Waals surface area contributed by atoms with Crippen LogP contribution in [0.5, 0.6) is 0 Å². The molecule has 3 heterocycles. The van der Waals surface area contributed by atoms with Crippen molar-refractivity contribution in [1.82, 2.24) is 14.9 Å². The quantitative estimate of drug-likeness (QED) is 0.668. The minimum Gasteiger partial charge on any atom is -0.342 e. The number of pyridine rings is 1. The Balaban J connectivity index is 1.29. The molecule has 0 spiro atoms. The number of hydrogen-bond acceptors (Lipinski definition) is 4. The summed E-state index contributed by atoms with van der Waals surface area (Å²) in [6.07, 6.45) is 7.21. The maximum absolute atomic E-state index is 12.7. The van der Waals surface area contributed by atoms with Crippen molar-refractivity contribution in [3.8, 4) is 10.6 Å². The Morgan fingerprint density at radius 1 is 1.07 bits per heavy atom. The fourth-order valence-corrected chi connectivity index (χ4v) is 4.44. The molecule has 0 aliphatic carbocycles. The lowest BCUT2D eigenvalue weighted by Gasteiger charge is -2.32. The third-order valence-corrected chi connectivity index (χ3v) is 6.09. The molecule has 1 saturated heterocycles. The number of likely N-dealkylation sites (tertiary alicyclic amines) is 1. The maximum atomic E-state index is 12.7. The number of amides is 1. The maximum Gasteiger partial charge on any atom is 0.228 e. The van der Waals surface area contributed by atoms with Crippen molar-refractivity contribution < 1.29 is 4.79 Å². The summed E-state index contributed by atoms with van der Waals surface area (Å²) in [4.78, 5) is 23.3. The molecule has 1 aliphatic rings. The number of thiazole rings is 1. The summed E-state index contributed by atoms with van der Waals surface area (Å²) in [5, 5.41) is 2.94. The lowest BCUT2D eigenvalue weighted by atomic mass is 9.90. The Bertz CT molecular complexity index is 871. The Labute approximate surface area is 163 Å². The van der Waals surface area contributed by atoms with E-state index in [4.69, 9.17) is 0 Å². The summed E-state index contributed by atoms with van der Waals surface area (Å²) in [6, 6.07) is 14.5. The lowest BCUT2D eigenvalue weighted by Crippen LogP contribution is -2.39. The molecule has 0 bridgehead atoms. The molecule has 0 N–H and O–H groups in total. The van der Waals surface area contributed by atoms with Crippen molar-refractivity contribution in [2.45, 2.75) is 25.7 Å².